The van der Waals surface area contributed by atoms with E-state index in [1.165, 1.54) is 18.2 Å². The first-order chi connectivity index (χ1) is 10.0. The first-order valence-corrected chi connectivity index (χ1v) is 6.81. The number of hydrogen-bond donors (Lipinski definition) is 2. The molecule has 8 heteroatoms. The molecule has 0 fully saturated rings. The molecule has 0 atom stereocenters. The van der Waals surface area contributed by atoms with E-state index in [0.29, 0.717) is 25.3 Å². The van der Waals surface area contributed by atoms with Crippen LogP contribution in [0.15, 0.2) is 18.2 Å². The second-order valence-electron chi connectivity index (χ2n) is 4.30. The molecule has 1 rings (SSSR count). The summed E-state index contributed by atoms with van der Waals surface area (Å²) in [5, 5.41) is 16.6. The zero-order valence-corrected chi connectivity index (χ0v) is 12.5. The summed E-state index contributed by atoms with van der Waals surface area (Å²) >= 11 is 5.93. The van der Waals surface area contributed by atoms with E-state index in [2.05, 4.69) is 10.6 Å². The predicted octanol–water partition coefficient (Wildman–Crippen LogP) is 1.14. The third-order valence-corrected chi connectivity index (χ3v) is 3.06. The highest BCUT2D eigenvalue weighted by Gasteiger charge is 2.11. The van der Waals surface area contributed by atoms with Crippen LogP contribution in [0.4, 0.5) is 5.69 Å². The van der Waals surface area contributed by atoms with Gasteiger partial charge in [-0.05, 0) is 5.56 Å². The van der Waals surface area contributed by atoms with Crippen molar-refractivity contribution in [2.75, 3.05) is 33.4 Å². The van der Waals surface area contributed by atoms with Gasteiger partial charge in [0, 0.05) is 38.9 Å². The molecule has 0 saturated heterocycles. The summed E-state index contributed by atoms with van der Waals surface area (Å²) in [5.74, 6) is -0.181. The Labute approximate surface area is 127 Å². The monoisotopic (exact) mass is 315 g/mol. The number of amides is 1. The van der Waals surface area contributed by atoms with E-state index >= 15 is 0 Å². The SMILES string of the molecule is COCCNCCNC(=O)Cc1ccc([N+](=O)[O-])cc1Cl. The van der Waals surface area contributed by atoms with Crippen LogP contribution in [0.25, 0.3) is 0 Å². The van der Waals surface area contributed by atoms with E-state index in [0.717, 1.165) is 6.54 Å². The fourth-order valence-electron chi connectivity index (χ4n) is 1.62. The lowest BCUT2D eigenvalue weighted by atomic mass is 10.1. The third kappa shape index (κ3) is 6.52. The molecule has 21 heavy (non-hydrogen) atoms. The Bertz CT molecular complexity index is 496. The molecule has 7 nitrogen and oxygen atoms in total. The maximum Gasteiger partial charge on any atom is 0.270 e. The molecule has 1 aromatic carbocycles. The maximum atomic E-state index is 11.7. The summed E-state index contributed by atoms with van der Waals surface area (Å²) in [6, 6.07) is 4.08. The minimum atomic E-state index is -0.526. The largest absolute Gasteiger partial charge is 0.383 e. The van der Waals surface area contributed by atoms with Crippen LogP contribution in [0.5, 0.6) is 0 Å². The van der Waals surface area contributed by atoms with Crippen LogP contribution < -0.4 is 10.6 Å². The number of carbonyl (C=O) groups is 1. The molecule has 116 valence electrons. The van der Waals surface area contributed by atoms with Gasteiger partial charge in [-0.2, -0.15) is 0 Å². The number of nitrogens with one attached hydrogen (secondary N) is 2. The summed E-state index contributed by atoms with van der Waals surface area (Å²) in [5.41, 5.74) is 0.471. The second-order valence-corrected chi connectivity index (χ2v) is 4.71. The topological polar surface area (TPSA) is 93.5 Å². The third-order valence-electron chi connectivity index (χ3n) is 2.71. The molecule has 0 aliphatic carbocycles. The van der Waals surface area contributed by atoms with Crippen LogP contribution in [0.2, 0.25) is 5.02 Å². The molecule has 0 bridgehead atoms. The molecule has 1 aromatic rings. The summed E-state index contributed by atoms with van der Waals surface area (Å²) in [6.45, 7) is 2.48. The number of ether oxygens (including phenoxy) is 1. The molecular formula is C13H18ClN3O4. The maximum absolute atomic E-state index is 11.7. The molecule has 0 aliphatic heterocycles. The van der Waals surface area contributed by atoms with E-state index in [1.54, 1.807) is 7.11 Å². The summed E-state index contributed by atoms with van der Waals surface area (Å²) in [4.78, 5) is 21.8. The molecule has 2 N–H and O–H groups in total. The van der Waals surface area contributed by atoms with Gasteiger partial charge in [-0.3, -0.25) is 14.9 Å². The van der Waals surface area contributed by atoms with Gasteiger partial charge in [0.2, 0.25) is 5.91 Å². The van der Waals surface area contributed by atoms with Gasteiger partial charge in [-0.15, -0.1) is 0 Å². The van der Waals surface area contributed by atoms with Crippen molar-refractivity contribution >= 4 is 23.2 Å². The van der Waals surface area contributed by atoms with Crippen LogP contribution in [0.1, 0.15) is 5.56 Å². The minimum absolute atomic E-state index is 0.0912. The standard InChI is InChI=1S/C13H18ClN3O4/c1-21-7-6-15-4-5-16-13(18)8-10-2-3-11(17(19)20)9-12(10)14/h2-3,9,15H,4-8H2,1H3,(H,16,18). The van der Waals surface area contributed by atoms with Crippen molar-refractivity contribution in [1.82, 2.24) is 10.6 Å². The number of halogens is 1. The van der Waals surface area contributed by atoms with Gasteiger partial charge in [-0.25, -0.2) is 0 Å². The van der Waals surface area contributed by atoms with Crippen molar-refractivity contribution in [3.63, 3.8) is 0 Å². The number of non-ortho nitro benzene ring substituents is 1. The number of nitro groups is 1. The minimum Gasteiger partial charge on any atom is -0.383 e. The Morgan fingerprint density at radius 3 is 2.76 bits per heavy atom. The zero-order chi connectivity index (χ0) is 15.7. The number of nitrogens with zero attached hydrogens (tertiary/aromatic N) is 1. The lowest BCUT2D eigenvalue weighted by Gasteiger charge is -2.07. The predicted molar refractivity (Wildman–Crippen MR) is 79.6 cm³/mol. The Kier molecular flexibility index (Phi) is 7.66. The lowest BCUT2D eigenvalue weighted by molar-refractivity contribution is -0.384. The molecular weight excluding hydrogens is 298 g/mol. The number of carbonyl (C=O) groups excluding carboxylic acids is 1. The van der Waals surface area contributed by atoms with Gasteiger partial charge in [0.1, 0.15) is 0 Å². The molecule has 0 heterocycles. The number of methoxy groups -OCH3 is 1. The van der Waals surface area contributed by atoms with Gasteiger partial charge in [0.25, 0.3) is 5.69 Å². The highest BCUT2D eigenvalue weighted by atomic mass is 35.5. The van der Waals surface area contributed by atoms with Crippen molar-refractivity contribution in [3.05, 3.63) is 38.9 Å². The Morgan fingerprint density at radius 1 is 1.38 bits per heavy atom. The van der Waals surface area contributed by atoms with Crippen molar-refractivity contribution in [3.8, 4) is 0 Å². The Balaban J connectivity index is 2.36. The fraction of sp³-hybridized carbons (Fsp3) is 0.462. The van der Waals surface area contributed by atoms with Crippen molar-refractivity contribution < 1.29 is 14.5 Å². The van der Waals surface area contributed by atoms with Crippen molar-refractivity contribution in [2.45, 2.75) is 6.42 Å². The number of rotatable bonds is 9. The normalized spacial score (nSPS) is 10.4. The molecule has 0 aromatic heterocycles. The van der Waals surface area contributed by atoms with Gasteiger partial charge in [-0.1, -0.05) is 17.7 Å². The summed E-state index contributed by atoms with van der Waals surface area (Å²) in [6.07, 6.45) is 0.0922. The first kappa shape index (κ1) is 17.4. The molecule has 0 spiro atoms. The van der Waals surface area contributed by atoms with Gasteiger partial charge in [0.05, 0.1) is 23.0 Å². The van der Waals surface area contributed by atoms with E-state index in [-0.39, 0.29) is 23.0 Å². The van der Waals surface area contributed by atoms with E-state index in [1.807, 2.05) is 0 Å². The Hall–Kier alpha value is -1.70. The average Bonchev–Trinajstić information content (AvgIpc) is 2.44. The van der Waals surface area contributed by atoms with Crippen LogP contribution in [0.3, 0.4) is 0 Å². The van der Waals surface area contributed by atoms with Crippen LogP contribution >= 0.6 is 11.6 Å². The molecule has 0 radical (unpaired) electrons. The fourth-order valence-corrected chi connectivity index (χ4v) is 1.86. The van der Waals surface area contributed by atoms with Gasteiger partial charge < -0.3 is 15.4 Å². The Morgan fingerprint density at radius 2 is 2.14 bits per heavy atom. The van der Waals surface area contributed by atoms with Crippen LogP contribution in [0, 0.1) is 10.1 Å². The van der Waals surface area contributed by atoms with E-state index in [9.17, 15) is 14.9 Å². The van der Waals surface area contributed by atoms with Crippen LogP contribution in [-0.4, -0.2) is 44.2 Å². The number of hydrogen-bond acceptors (Lipinski definition) is 5. The quantitative estimate of drug-likeness (QED) is 0.405. The van der Waals surface area contributed by atoms with Gasteiger partial charge in [0.15, 0.2) is 0 Å². The molecule has 0 unspecified atom stereocenters. The highest BCUT2D eigenvalue weighted by molar-refractivity contribution is 6.31. The highest BCUT2D eigenvalue weighted by Crippen LogP contribution is 2.22. The number of benzene rings is 1. The van der Waals surface area contributed by atoms with Crippen LogP contribution in [-0.2, 0) is 16.0 Å². The summed E-state index contributed by atoms with van der Waals surface area (Å²) in [7, 11) is 1.62. The summed E-state index contributed by atoms with van der Waals surface area (Å²) < 4.78 is 4.88. The van der Waals surface area contributed by atoms with Crippen molar-refractivity contribution in [2.24, 2.45) is 0 Å². The average molecular weight is 316 g/mol. The van der Waals surface area contributed by atoms with Gasteiger partial charge >= 0.3 is 0 Å². The second kappa shape index (κ2) is 9.28. The van der Waals surface area contributed by atoms with Crippen molar-refractivity contribution in [1.29, 1.82) is 0 Å². The first-order valence-electron chi connectivity index (χ1n) is 6.43. The van der Waals surface area contributed by atoms with E-state index in [4.69, 9.17) is 16.3 Å². The lowest BCUT2D eigenvalue weighted by Crippen LogP contribution is -2.33. The molecule has 0 saturated carbocycles. The number of nitro benzene ring substituents is 1. The smallest absolute Gasteiger partial charge is 0.270 e. The molecule has 1 amide bonds. The zero-order valence-electron chi connectivity index (χ0n) is 11.7. The van der Waals surface area contributed by atoms with E-state index < -0.39 is 4.92 Å². The molecule has 0 aliphatic rings.